The molecular weight excluding hydrogens is 206 g/mol. The second kappa shape index (κ2) is 7.07. The van der Waals surface area contributed by atoms with Gasteiger partial charge in [-0.3, -0.25) is 0 Å². The Kier molecular flexibility index (Phi) is 5.65. The third-order valence-corrected chi connectivity index (χ3v) is 2.71. The van der Waals surface area contributed by atoms with E-state index < -0.39 is 0 Å². The van der Waals surface area contributed by atoms with Crippen LogP contribution in [-0.2, 0) is 4.74 Å². The number of hydrogen-bond donors (Lipinski definition) is 0. The van der Waals surface area contributed by atoms with Crippen molar-refractivity contribution in [3.05, 3.63) is 0 Å². The molecule has 1 heterocycles. The van der Waals surface area contributed by atoms with Crippen molar-refractivity contribution in [1.29, 1.82) is 5.26 Å². The van der Waals surface area contributed by atoms with Crippen molar-refractivity contribution in [2.75, 3.05) is 39.9 Å². The molecule has 0 saturated carbocycles. The number of amides is 2. The van der Waals surface area contributed by atoms with Crippen molar-refractivity contribution in [2.45, 2.75) is 19.3 Å². The van der Waals surface area contributed by atoms with E-state index >= 15 is 0 Å². The molecule has 0 N–H and O–H groups in total. The average molecular weight is 225 g/mol. The van der Waals surface area contributed by atoms with Crippen LogP contribution in [0.15, 0.2) is 0 Å². The number of methoxy groups -OCH3 is 1. The summed E-state index contributed by atoms with van der Waals surface area (Å²) in [6.45, 7) is 3.26. The van der Waals surface area contributed by atoms with Crippen LogP contribution in [-0.4, -0.2) is 55.7 Å². The summed E-state index contributed by atoms with van der Waals surface area (Å²) < 4.78 is 4.97. The lowest BCUT2D eigenvalue weighted by Crippen LogP contribution is -2.43. The van der Waals surface area contributed by atoms with E-state index in [0.717, 1.165) is 25.9 Å². The van der Waals surface area contributed by atoms with E-state index in [-0.39, 0.29) is 6.03 Å². The number of carbonyl (C=O) groups excluding carboxylic acids is 1. The zero-order valence-corrected chi connectivity index (χ0v) is 9.81. The summed E-state index contributed by atoms with van der Waals surface area (Å²) in [6, 6.07) is 2.11. The zero-order valence-electron chi connectivity index (χ0n) is 9.81. The molecular formula is C11H19N3O2. The fourth-order valence-electron chi connectivity index (χ4n) is 1.80. The van der Waals surface area contributed by atoms with Crippen LogP contribution in [0, 0.1) is 11.3 Å². The van der Waals surface area contributed by atoms with E-state index in [4.69, 9.17) is 10.00 Å². The SMILES string of the molecule is COCCN(CCC#N)C(=O)N1CCCC1. The smallest absolute Gasteiger partial charge is 0.320 e. The van der Waals surface area contributed by atoms with Gasteiger partial charge in [-0.15, -0.1) is 0 Å². The predicted octanol–water partition coefficient (Wildman–Crippen LogP) is 1.06. The van der Waals surface area contributed by atoms with Gasteiger partial charge in [0.1, 0.15) is 0 Å². The molecule has 0 aliphatic carbocycles. The molecule has 1 saturated heterocycles. The predicted molar refractivity (Wildman–Crippen MR) is 59.9 cm³/mol. The minimum atomic E-state index is 0.0461. The second-order valence-electron chi connectivity index (χ2n) is 3.86. The highest BCUT2D eigenvalue weighted by molar-refractivity contribution is 5.74. The Balaban J connectivity index is 2.45. The molecule has 0 aromatic heterocycles. The lowest BCUT2D eigenvalue weighted by atomic mass is 10.4. The van der Waals surface area contributed by atoms with Crippen LogP contribution in [0.3, 0.4) is 0 Å². The van der Waals surface area contributed by atoms with Crippen molar-refractivity contribution < 1.29 is 9.53 Å². The Morgan fingerprint density at radius 3 is 2.69 bits per heavy atom. The van der Waals surface area contributed by atoms with Gasteiger partial charge in [-0.25, -0.2) is 4.79 Å². The molecule has 0 unspecified atom stereocenters. The minimum absolute atomic E-state index is 0.0461. The maximum atomic E-state index is 12.0. The molecule has 0 radical (unpaired) electrons. The van der Waals surface area contributed by atoms with Gasteiger partial charge in [0.15, 0.2) is 0 Å². The third-order valence-electron chi connectivity index (χ3n) is 2.71. The summed E-state index contributed by atoms with van der Waals surface area (Å²) >= 11 is 0. The van der Waals surface area contributed by atoms with Gasteiger partial charge in [0.25, 0.3) is 0 Å². The molecule has 16 heavy (non-hydrogen) atoms. The summed E-state index contributed by atoms with van der Waals surface area (Å²) in [5.41, 5.74) is 0. The van der Waals surface area contributed by atoms with Gasteiger partial charge < -0.3 is 14.5 Å². The molecule has 0 atom stereocenters. The van der Waals surface area contributed by atoms with Crippen LogP contribution in [0.4, 0.5) is 4.79 Å². The van der Waals surface area contributed by atoms with Gasteiger partial charge in [-0.1, -0.05) is 0 Å². The summed E-state index contributed by atoms with van der Waals surface area (Å²) in [6.07, 6.45) is 2.55. The normalized spacial score (nSPS) is 14.9. The molecule has 1 aliphatic heterocycles. The first-order valence-corrected chi connectivity index (χ1v) is 5.69. The summed E-state index contributed by atoms with van der Waals surface area (Å²) in [4.78, 5) is 15.6. The molecule has 90 valence electrons. The largest absolute Gasteiger partial charge is 0.383 e. The molecule has 1 aliphatic rings. The third kappa shape index (κ3) is 3.70. The summed E-state index contributed by atoms with van der Waals surface area (Å²) in [5, 5.41) is 8.55. The molecule has 0 aromatic rings. The first-order chi connectivity index (χ1) is 7.79. The van der Waals surface area contributed by atoms with E-state index in [1.165, 1.54) is 0 Å². The molecule has 0 spiro atoms. The summed E-state index contributed by atoms with van der Waals surface area (Å²) in [5.74, 6) is 0. The van der Waals surface area contributed by atoms with E-state index in [9.17, 15) is 4.79 Å². The van der Waals surface area contributed by atoms with Gasteiger partial charge >= 0.3 is 6.03 Å². The Bertz CT molecular complexity index is 256. The molecule has 0 aromatic carbocycles. The lowest BCUT2D eigenvalue weighted by Gasteiger charge is -2.27. The lowest BCUT2D eigenvalue weighted by molar-refractivity contribution is 0.131. The Morgan fingerprint density at radius 1 is 1.44 bits per heavy atom. The van der Waals surface area contributed by atoms with E-state index in [2.05, 4.69) is 6.07 Å². The van der Waals surface area contributed by atoms with Gasteiger partial charge in [0, 0.05) is 33.3 Å². The Labute approximate surface area is 96.6 Å². The van der Waals surface area contributed by atoms with Crippen molar-refractivity contribution in [2.24, 2.45) is 0 Å². The molecule has 2 amide bonds. The maximum Gasteiger partial charge on any atom is 0.320 e. The van der Waals surface area contributed by atoms with Crippen molar-refractivity contribution in [3.8, 4) is 6.07 Å². The quantitative estimate of drug-likeness (QED) is 0.703. The van der Waals surface area contributed by atoms with Crippen LogP contribution in [0.5, 0.6) is 0 Å². The van der Waals surface area contributed by atoms with Gasteiger partial charge in [-0.2, -0.15) is 5.26 Å². The topological polar surface area (TPSA) is 56.6 Å². The molecule has 5 heteroatoms. The Morgan fingerprint density at radius 2 is 2.12 bits per heavy atom. The van der Waals surface area contributed by atoms with Gasteiger partial charge in [0.2, 0.25) is 0 Å². The fraction of sp³-hybridized carbons (Fsp3) is 0.818. The maximum absolute atomic E-state index is 12.0. The number of urea groups is 1. The van der Waals surface area contributed by atoms with Crippen LogP contribution >= 0.6 is 0 Å². The van der Waals surface area contributed by atoms with Crippen LogP contribution < -0.4 is 0 Å². The highest BCUT2D eigenvalue weighted by Crippen LogP contribution is 2.10. The number of rotatable bonds is 5. The first-order valence-electron chi connectivity index (χ1n) is 5.69. The molecule has 5 nitrogen and oxygen atoms in total. The molecule has 1 fully saturated rings. The van der Waals surface area contributed by atoms with E-state index in [0.29, 0.717) is 26.1 Å². The molecule has 1 rings (SSSR count). The van der Waals surface area contributed by atoms with Crippen LogP contribution in [0.2, 0.25) is 0 Å². The van der Waals surface area contributed by atoms with Crippen molar-refractivity contribution >= 4 is 6.03 Å². The van der Waals surface area contributed by atoms with Crippen LogP contribution in [0.25, 0.3) is 0 Å². The van der Waals surface area contributed by atoms with Gasteiger partial charge in [0.05, 0.1) is 19.1 Å². The second-order valence-corrected chi connectivity index (χ2v) is 3.86. The number of likely N-dealkylation sites (tertiary alicyclic amines) is 1. The van der Waals surface area contributed by atoms with E-state index in [1.807, 2.05) is 4.90 Å². The zero-order chi connectivity index (χ0) is 11.8. The first kappa shape index (κ1) is 12.8. The highest BCUT2D eigenvalue weighted by atomic mass is 16.5. The number of nitrogens with zero attached hydrogens (tertiary/aromatic N) is 3. The standard InChI is InChI=1S/C11H19N3O2/c1-16-10-9-14(8-4-5-12)11(15)13-6-2-3-7-13/h2-4,6-10H2,1H3. The van der Waals surface area contributed by atoms with E-state index in [1.54, 1.807) is 12.0 Å². The number of ether oxygens (including phenoxy) is 1. The number of carbonyl (C=O) groups is 1. The summed E-state index contributed by atoms with van der Waals surface area (Å²) in [7, 11) is 1.61. The fourth-order valence-corrected chi connectivity index (χ4v) is 1.80. The van der Waals surface area contributed by atoms with Crippen LogP contribution in [0.1, 0.15) is 19.3 Å². The average Bonchev–Trinajstić information content (AvgIpc) is 2.82. The Hall–Kier alpha value is -1.28. The highest BCUT2D eigenvalue weighted by Gasteiger charge is 2.22. The molecule has 0 bridgehead atoms. The van der Waals surface area contributed by atoms with Gasteiger partial charge in [-0.05, 0) is 12.8 Å². The van der Waals surface area contributed by atoms with Crippen molar-refractivity contribution in [3.63, 3.8) is 0 Å². The minimum Gasteiger partial charge on any atom is -0.383 e. The van der Waals surface area contributed by atoms with Crippen molar-refractivity contribution in [1.82, 2.24) is 9.80 Å². The monoisotopic (exact) mass is 225 g/mol. The number of hydrogen-bond acceptors (Lipinski definition) is 3. The number of nitriles is 1.